The average molecular weight is 383 g/mol. The third kappa shape index (κ3) is 3.18. The number of thioether (sulfide) groups is 1. The highest BCUT2D eigenvalue weighted by Crippen LogP contribution is 2.20. The van der Waals surface area contributed by atoms with Crippen LogP contribution in [0.1, 0.15) is 15.2 Å². The summed E-state index contributed by atoms with van der Waals surface area (Å²) in [7, 11) is 0. The lowest BCUT2D eigenvalue weighted by Gasteiger charge is -2.03. The third-order valence-electron chi connectivity index (χ3n) is 3.71. The smallest absolute Gasteiger partial charge is 0.279 e. The molecule has 26 heavy (non-hydrogen) atoms. The van der Waals surface area contributed by atoms with Crippen LogP contribution >= 0.6 is 23.1 Å². The zero-order valence-electron chi connectivity index (χ0n) is 13.7. The molecule has 3 aromatic heterocycles. The fourth-order valence-corrected chi connectivity index (χ4v) is 3.89. The van der Waals surface area contributed by atoms with Crippen molar-refractivity contribution in [3.8, 4) is 11.3 Å². The topological polar surface area (TPSA) is 93.0 Å². The summed E-state index contributed by atoms with van der Waals surface area (Å²) in [4.78, 5) is 27.8. The van der Waals surface area contributed by atoms with Gasteiger partial charge in [-0.1, -0.05) is 47.7 Å². The van der Waals surface area contributed by atoms with Gasteiger partial charge in [-0.2, -0.15) is 9.61 Å². The van der Waals surface area contributed by atoms with Gasteiger partial charge >= 0.3 is 0 Å². The normalized spacial score (nSPS) is 11.1. The summed E-state index contributed by atoms with van der Waals surface area (Å²) in [5, 5.41) is 14.7. The van der Waals surface area contributed by atoms with Crippen molar-refractivity contribution >= 4 is 34.7 Å². The van der Waals surface area contributed by atoms with Gasteiger partial charge in [0.1, 0.15) is 0 Å². The van der Waals surface area contributed by atoms with Crippen LogP contribution < -0.4 is 5.56 Å². The van der Waals surface area contributed by atoms with Crippen LogP contribution in [0.25, 0.3) is 17.0 Å². The molecule has 0 aliphatic rings. The highest BCUT2D eigenvalue weighted by molar-refractivity contribution is 7.99. The van der Waals surface area contributed by atoms with Crippen LogP contribution in [0.3, 0.4) is 0 Å². The highest BCUT2D eigenvalue weighted by atomic mass is 32.2. The maximum Gasteiger partial charge on any atom is 0.279 e. The number of Topliss-reactive ketones (excluding diaryl/α,β-unsaturated/α-hetero) is 1. The Hall–Kier alpha value is -2.78. The van der Waals surface area contributed by atoms with E-state index in [1.165, 1.54) is 27.6 Å². The number of ketones is 1. The lowest BCUT2D eigenvalue weighted by Crippen LogP contribution is -2.15. The van der Waals surface area contributed by atoms with Gasteiger partial charge in [-0.3, -0.25) is 14.6 Å². The monoisotopic (exact) mass is 383 g/mol. The number of aromatic amines is 1. The predicted molar refractivity (Wildman–Crippen MR) is 101 cm³/mol. The molecule has 0 aliphatic heterocycles. The lowest BCUT2D eigenvalue weighted by molar-refractivity contribution is 0.102. The first kappa shape index (κ1) is 16.7. The second kappa shape index (κ2) is 6.85. The number of benzene rings is 1. The quantitative estimate of drug-likeness (QED) is 0.421. The van der Waals surface area contributed by atoms with Crippen LogP contribution in [-0.2, 0) is 0 Å². The lowest BCUT2D eigenvalue weighted by atomic mass is 10.1. The molecule has 0 saturated carbocycles. The molecule has 7 nitrogen and oxygen atoms in total. The van der Waals surface area contributed by atoms with Crippen molar-refractivity contribution < 1.29 is 4.79 Å². The minimum absolute atomic E-state index is 0.0185. The first-order chi connectivity index (χ1) is 12.6. The molecule has 9 heteroatoms. The van der Waals surface area contributed by atoms with Crippen molar-refractivity contribution in [2.75, 3.05) is 5.75 Å². The minimum atomic E-state index is -0.333. The van der Waals surface area contributed by atoms with E-state index in [-0.39, 0.29) is 28.6 Å². The summed E-state index contributed by atoms with van der Waals surface area (Å²) in [6, 6.07) is 11.2. The summed E-state index contributed by atoms with van der Waals surface area (Å²) < 4.78 is 1.46. The predicted octanol–water partition coefficient (Wildman–Crippen LogP) is 2.82. The second-order valence-corrected chi connectivity index (χ2v) is 7.47. The molecule has 0 spiro atoms. The van der Waals surface area contributed by atoms with E-state index in [1.807, 2.05) is 42.6 Å². The Kier molecular flexibility index (Phi) is 4.39. The number of hydrogen-bond acceptors (Lipinski definition) is 7. The van der Waals surface area contributed by atoms with E-state index in [2.05, 4.69) is 20.3 Å². The van der Waals surface area contributed by atoms with Crippen molar-refractivity contribution in [2.45, 2.75) is 12.1 Å². The summed E-state index contributed by atoms with van der Waals surface area (Å²) in [6.45, 7) is 1.98. The molecule has 4 rings (SSSR count). The molecular weight excluding hydrogens is 370 g/mol. The van der Waals surface area contributed by atoms with E-state index in [4.69, 9.17) is 0 Å². The van der Waals surface area contributed by atoms with Gasteiger partial charge in [0.05, 0.1) is 10.6 Å². The Morgan fingerprint density at radius 1 is 1.23 bits per heavy atom. The zero-order chi connectivity index (χ0) is 18.1. The molecule has 0 fully saturated rings. The van der Waals surface area contributed by atoms with E-state index >= 15 is 0 Å². The van der Waals surface area contributed by atoms with Crippen molar-refractivity contribution in [2.24, 2.45) is 0 Å². The molecule has 0 saturated heterocycles. The van der Waals surface area contributed by atoms with Crippen LogP contribution in [0.5, 0.6) is 0 Å². The van der Waals surface area contributed by atoms with Crippen LogP contribution in [0, 0.1) is 6.92 Å². The van der Waals surface area contributed by atoms with Crippen LogP contribution in [0.2, 0.25) is 0 Å². The van der Waals surface area contributed by atoms with Crippen molar-refractivity contribution in [1.82, 2.24) is 24.8 Å². The number of nitrogens with one attached hydrogen (secondary N) is 1. The highest BCUT2D eigenvalue weighted by Gasteiger charge is 2.15. The SMILES string of the molecule is Cc1ccc(-c2nn3c(SCC(=O)c4cccs4)nnc3[nH]c2=O)cc1. The van der Waals surface area contributed by atoms with Crippen molar-refractivity contribution in [3.63, 3.8) is 0 Å². The van der Waals surface area contributed by atoms with Gasteiger partial charge in [0.2, 0.25) is 5.16 Å². The molecule has 1 aromatic carbocycles. The molecule has 130 valence electrons. The Morgan fingerprint density at radius 3 is 2.77 bits per heavy atom. The Balaban J connectivity index is 1.66. The van der Waals surface area contributed by atoms with Gasteiger partial charge in [-0.15, -0.1) is 21.5 Å². The first-order valence-corrected chi connectivity index (χ1v) is 9.60. The number of aromatic nitrogens is 5. The number of H-pyrrole nitrogens is 1. The number of carbonyl (C=O) groups excluding carboxylic acids is 1. The number of aryl methyl sites for hydroxylation is 1. The molecule has 4 aromatic rings. The van der Waals surface area contributed by atoms with Crippen LogP contribution in [0.15, 0.2) is 51.7 Å². The number of hydrogen-bond donors (Lipinski definition) is 1. The summed E-state index contributed by atoms with van der Waals surface area (Å²) in [5.74, 6) is 0.490. The van der Waals surface area contributed by atoms with Crippen molar-refractivity contribution in [3.05, 3.63) is 62.6 Å². The van der Waals surface area contributed by atoms with Crippen LogP contribution in [0.4, 0.5) is 0 Å². The fraction of sp³-hybridized carbons (Fsp3) is 0.118. The fourth-order valence-electron chi connectivity index (χ4n) is 2.37. The Morgan fingerprint density at radius 2 is 2.04 bits per heavy atom. The van der Waals surface area contributed by atoms with E-state index in [0.29, 0.717) is 15.6 Å². The summed E-state index contributed by atoms with van der Waals surface area (Å²) in [6.07, 6.45) is 0. The first-order valence-electron chi connectivity index (χ1n) is 7.74. The Bertz CT molecular complexity index is 1130. The molecule has 3 heterocycles. The van der Waals surface area contributed by atoms with Gasteiger partial charge in [0.25, 0.3) is 11.3 Å². The molecule has 0 radical (unpaired) electrons. The standard InChI is InChI=1S/C17H13N5O2S2/c1-10-4-6-11(7-5-10)14-15(24)18-16-19-20-17(22(16)21-14)26-9-12(23)13-3-2-8-25-13/h2-8H,9H2,1H3,(H,18,19,24). The number of carbonyl (C=O) groups is 1. The second-order valence-electron chi connectivity index (χ2n) is 5.58. The van der Waals surface area contributed by atoms with E-state index < -0.39 is 0 Å². The average Bonchev–Trinajstić information content (AvgIpc) is 3.30. The number of nitrogens with zero attached hydrogens (tertiary/aromatic N) is 4. The molecule has 0 bridgehead atoms. The molecule has 0 atom stereocenters. The summed E-state index contributed by atoms with van der Waals surface area (Å²) >= 11 is 2.64. The van der Waals surface area contributed by atoms with E-state index in [0.717, 1.165) is 5.56 Å². The largest absolute Gasteiger partial charge is 0.292 e. The van der Waals surface area contributed by atoms with Crippen molar-refractivity contribution in [1.29, 1.82) is 0 Å². The van der Waals surface area contributed by atoms with Gasteiger partial charge in [-0.25, -0.2) is 0 Å². The van der Waals surface area contributed by atoms with Gasteiger partial charge < -0.3 is 0 Å². The molecule has 0 aliphatic carbocycles. The zero-order valence-corrected chi connectivity index (χ0v) is 15.3. The molecule has 1 N–H and O–H groups in total. The molecule has 0 amide bonds. The minimum Gasteiger partial charge on any atom is -0.292 e. The number of rotatable bonds is 5. The third-order valence-corrected chi connectivity index (χ3v) is 5.54. The number of fused-ring (bicyclic) bond motifs is 1. The van der Waals surface area contributed by atoms with Gasteiger partial charge in [-0.05, 0) is 18.4 Å². The van der Waals surface area contributed by atoms with Gasteiger partial charge in [0, 0.05) is 5.56 Å². The molecular formula is C17H13N5O2S2. The van der Waals surface area contributed by atoms with Gasteiger partial charge in [0.15, 0.2) is 11.5 Å². The summed E-state index contributed by atoms with van der Waals surface area (Å²) in [5.41, 5.74) is 1.75. The van der Waals surface area contributed by atoms with Crippen LogP contribution in [-0.4, -0.2) is 36.3 Å². The van der Waals surface area contributed by atoms with E-state index in [1.54, 1.807) is 6.07 Å². The maximum absolute atomic E-state index is 12.3. The maximum atomic E-state index is 12.3. The number of thiophene rings is 1. The van der Waals surface area contributed by atoms with E-state index in [9.17, 15) is 9.59 Å². The molecule has 0 unspecified atom stereocenters. The Labute approximate surface area is 156 Å².